The van der Waals surface area contributed by atoms with E-state index in [1.165, 1.54) is 71.4 Å². The van der Waals surface area contributed by atoms with E-state index in [-0.39, 0.29) is 11.3 Å². The number of hydrogen-bond acceptors (Lipinski definition) is 4. The highest BCUT2D eigenvalue weighted by molar-refractivity contribution is 6.25. The molecule has 12 aromatic carbocycles. The summed E-state index contributed by atoms with van der Waals surface area (Å²) in [6.45, 7) is 2.43. The maximum absolute atomic E-state index is 7.21. The minimum Gasteiger partial charge on any atom is -0.456 e. The van der Waals surface area contributed by atoms with Crippen molar-refractivity contribution in [1.29, 1.82) is 0 Å². The second-order valence-electron chi connectivity index (χ2n) is 21.2. The largest absolute Gasteiger partial charge is 0.456 e. The van der Waals surface area contributed by atoms with Gasteiger partial charge in [-0.3, -0.25) is 0 Å². The van der Waals surface area contributed by atoms with Gasteiger partial charge in [0.05, 0.1) is 11.0 Å². The van der Waals surface area contributed by atoms with Gasteiger partial charge in [0, 0.05) is 33.6 Å². The molecule has 1 aliphatic heterocycles. The highest BCUT2D eigenvalue weighted by atomic mass is 16.5. The Morgan fingerprint density at radius 2 is 0.833 bits per heavy atom. The molecule has 4 nitrogen and oxygen atoms in total. The maximum Gasteiger partial charge on any atom is 0.167 e. The fraction of sp³-hybridized carbons (Fsp3) is 0.0676. The molecule has 15 rings (SSSR count). The quantitative estimate of drug-likeness (QED) is 0.135. The number of hydrogen-bond donors (Lipinski definition) is 0. The molecule has 0 fully saturated rings. The molecular formula is C74H51N3O. The third-order valence-corrected chi connectivity index (χ3v) is 16.9. The predicted molar refractivity (Wildman–Crippen MR) is 318 cm³/mol. The molecule has 1 aromatic heterocycles. The summed E-state index contributed by atoms with van der Waals surface area (Å²) >= 11 is 0. The Labute approximate surface area is 454 Å². The minimum atomic E-state index is -0.645. The lowest BCUT2D eigenvalue weighted by Crippen LogP contribution is -2.34. The van der Waals surface area contributed by atoms with Gasteiger partial charge >= 0.3 is 0 Å². The van der Waals surface area contributed by atoms with Crippen LogP contribution in [0.4, 0.5) is 0 Å². The van der Waals surface area contributed by atoms with Gasteiger partial charge in [0.2, 0.25) is 0 Å². The molecule has 0 saturated carbocycles. The Morgan fingerprint density at radius 3 is 1.49 bits per heavy atom. The van der Waals surface area contributed by atoms with Gasteiger partial charge in [-0.15, -0.1) is 0 Å². The molecule has 4 heteroatoms. The van der Waals surface area contributed by atoms with Crippen LogP contribution in [0.15, 0.2) is 273 Å². The summed E-state index contributed by atoms with van der Waals surface area (Å²) in [5.74, 6) is 3.26. The average Bonchev–Trinajstić information content (AvgIpc) is 3.78. The number of nitrogens with zero attached hydrogens (tertiary/aromatic N) is 3. The van der Waals surface area contributed by atoms with Crippen LogP contribution in [0.1, 0.15) is 57.3 Å². The van der Waals surface area contributed by atoms with Crippen molar-refractivity contribution in [1.82, 2.24) is 15.0 Å². The van der Waals surface area contributed by atoms with Gasteiger partial charge in [-0.05, 0) is 101 Å². The van der Waals surface area contributed by atoms with Crippen molar-refractivity contribution < 1.29 is 4.74 Å². The molecule has 0 radical (unpaired) electrons. The highest BCUT2D eigenvalue weighted by Gasteiger charge is 2.51. The van der Waals surface area contributed by atoms with E-state index in [2.05, 4.69) is 280 Å². The van der Waals surface area contributed by atoms with Crippen LogP contribution in [0.5, 0.6) is 11.5 Å². The SMILES string of the molecule is CC(Cc1ccccc1)(c1ccccc1)C(c1ccccc1)c1ccc(-c2nc(-c3ccc4c5ccccc5c5ccccc5c4c3)nc(-c3cccc4c3Oc3ccccc3C43c4ccccc4-c4ccccc43)n2)cc1. The standard InChI is InChI=1S/C74H51N3O/c1-73(53-26-9-4-10-27-53,47-48-22-5-2-6-23-48)68(49-24-7-3-8-25-49)50-40-42-51(43-41-50)70-75-71(52-44-45-58-56-30-12-11-28-54(56)55-29-13-14-31-57(55)62(58)46-52)77-72(76-70)61-34-21-38-66-69(61)78-67-39-20-19-37-65(67)74(66)63-35-17-15-32-59(63)60-33-16-18-36-64(60)74/h2-46,68H,47H2,1H3. The summed E-state index contributed by atoms with van der Waals surface area (Å²) in [6.07, 6.45) is 0.850. The molecule has 368 valence electrons. The first-order chi connectivity index (χ1) is 38.5. The minimum absolute atomic E-state index is 0.0115. The third kappa shape index (κ3) is 7.10. The Hall–Kier alpha value is -9.77. The van der Waals surface area contributed by atoms with Crippen LogP contribution in [0.25, 0.3) is 77.6 Å². The monoisotopic (exact) mass is 997 g/mol. The van der Waals surface area contributed by atoms with E-state index in [1.807, 2.05) is 0 Å². The number of fused-ring (bicyclic) bond motifs is 15. The number of aromatic nitrogens is 3. The Balaban J connectivity index is 0.941. The maximum atomic E-state index is 7.21. The van der Waals surface area contributed by atoms with Gasteiger partial charge in [-0.25, -0.2) is 15.0 Å². The normalized spacial score (nSPS) is 14.0. The van der Waals surface area contributed by atoms with Crippen molar-refractivity contribution in [2.75, 3.05) is 0 Å². The molecule has 0 bridgehead atoms. The first-order valence-electron chi connectivity index (χ1n) is 27.0. The van der Waals surface area contributed by atoms with Crippen LogP contribution in [0.2, 0.25) is 0 Å². The average molecular weight is 998 g/mol. The van der Waals surface area contributed by atoms with E-state index in [9.17, 15) is 0 Å². The molecule has 2 unspecified atom stereocenters. The van der Waals surface area contributed by atoms with Crippen molar-refractivity contribution in [2.24, 2.45) is 0 Å². The number of rotatable bonds is 9. The molecule has 1 spiro atoms. The first kappa shape index (κ1) is 45.6. The van der Waals surface area contributed by atoms with Crippen LogP contribution in [0, 0.1) is 0 Å². The van der Waals surface area contributed by atoms with E-state index in [1.54, 1.807) is 0 Å². The van der Waals surface area contributed by atoms with Gasteiger partial charge < -0.3 is 4.74 Å². The summed E-state index contributed by atoms with van der Waals surface area (Å²) in [7, 11) is 0. The molecular weight excluding hydrogens is 947 g/mol. The van der Waals surface area contributed by atoms with Crippen LogP contribution >= 0.6 is 0 Å². The number of para-hydroxylation sites is 2. The van der Waals surface area contributed by atoms with Crippen molar-refractivity contribution in [3.05, 3.63) is 317 Å². The summed E-state index contributed by atoms with van der Waals surface area (Å²) in [5.41, 5.74) is 13.8. The second-order valence-corrected chi connectivity index (χ2v) is 21.2. The zero-order chi connectivity index (χ0) is 51.8. The predicted octanol–water partition coefficient (Wildman–Crippen LogP) is 18.1. The second kappa shape index (κ2) is 18.2. The van der Waals surface area contributed by atoms with Gasteiger partial charge in [-0.1, -0.05) is 262 Å². The van der Waals surface area contributed by atoms with Gasteiger partial charge in [0.25, 0.3) is 0 Å². The zero-order valence-corrected chi connectivity index (χ0v) is 43.0. The van der Waals surface area contributed by atoms with Crippen molar-refractivity contribution in [3.63, 3.8) is 0 Å². The molecule has 13 aromatic rings. The topological polar surface area (TPSA) is 47.9 Å². The van der Waals surface area contributed by atoms with Crippen LogP contribution in [-0.4, -0.2) is 15.0 Å². The van der Waals surface area contributed by atoms with E-state index in [0.29, 0.717) is 17.5 Å². The van der Waals surface area contributed by atoms with E-state index in [4.69, 9.17) is 19.7 Å². The van der Waals surface area contributed by atoms with E-state index < -0.39 is 5.41 Å². The fourth-order valence-electron chi connectivity index (χ4n) is 13.5. The summed E-state index contributed by atoms with van der Waals surface area (Å²) < 4.78 is 7.21. The van der Waals surface area contributed by atoms with Crippen LogP contribution < -0.4 is 4.74 Å². The molecule has 2 atom stereocenters. The fourth-order valence-corrected chi connectivity index (χ4v) is 13.5. The Morgan fingerprint density at radius 1 is 0.372 bits per heavy atom. The Kier molecular flexibility index (Phi) is 10.7. The van der Waals surface area contributed by atoms with Crippen molar-refractivity contribution in [3.8, 4) is 56.8 Å². The van der Waals surface area contributed by atoms with Crippen molar-refractivity contribution in [2.45, 2.75) is 30.1 Å². The van der Waals surface area contributed by atoms with Gasteiger partial charge in [0.15, 0.2) is 17.5 Å². The molecule has 0 amide bonds. The number of benzene rings is 12. The molecule has 78 heavy (non-hydrogen) atoms. The lowest BCUT2D eigenvalue weighted by Gasteiger charge is -2.40. The number of ether oxygens (including phenoxy) is 1. The molecule has 0 N–H and O–H groups in total. The summed E-state index contributed by atoms with van der Waals surface area (Å²) in [4.78, 5) is 16.5. The van der Waals surface area contributed by atoms with E-state index in [0.717, 1.165) is 51.1 Å². The summed E-state index contributed by atoms with van der Waals surface area (Å²) in [6, 6.07) is 98.7. The molecule has 0 saturated heterocycles. The smallest absolute Gasteiger partial charge is 0.167 e. The molecule has 2 aliphatic rings. The summed E-state index contributed by atoms with van der Waals surface area (Å²) in [5, 5.41) is 7.19. The highest BCUT2D eigenvalue weighted by Crippen LogP contribution is 2.63. The molecule has 2 heterocycles. The first-order valence-corrected chi connectivity index (χ1v) is 27.0. The van der Waals surface area contributed by atoms with Crippen molar-refractivity contribution >= 4 is 32.3 Å². The van der Waals surface area contributed by atoms with Gasteiger partial charge in [0.1, 0.15) is 11.5 Å². The third-order valence-electron chi connectivity index (χ3n) is 16.9. The molecule has 1 aliphatic carbocycles. The Bertz CT molecular complexity index is 4380. The van der Waals surface area contributed by atoms with E-state index >= 15 is 0 Å². The zero-order valence-electron chi connectivity index (χ0n) is 43.0. The lowest BCUT2D eigenvalue weighted by atomic mass is 9.63. The lowest BCUT2D eigenvalue weighted by molar-refractivity contribution is 0.412. The van der Waals surface area contributed by atoms with Crippen LogP contribution in [0.3, 0.4) is 0 Å². The van der Waals surface area contributed by atoms with Gasteiger partial charge in [-0.2, -0.15) is 0 Å². The van der Waals surface area contributed by atoms with Crippen LogP contribution in [-0.2, 0) is 17.3 Å².